The Morgan fingerprint density at radius 3 is 2.44 bits per heavy atom. The summed E-state index contributed by atoms with van der Waals surface area (Å²) in [6.07, 6.45) is 3.80. The summed E-state index contributed by atoms with van der Waals surface area (Å²) >= 11 is 6.05. The number of esters is 1. The van der Waals surface area contributed by atoms with Crippen LogP contribution in [0.4, 0.5) is 5.95 Å². The molecule has 9 nitrogen and oxygen atoms in total. The normalized spacial score (nSPS) is 17.1. The molecule has 1 aliphatic rings. The second kappa shape index (κ2) is 12.4. The summed E-state index contributed by atoms with van der Waals surface area (Å²) in [5, 5.41) is 3.82. The van der Waals surface area contributed by atoms with E-state index in [1.165, 1.54) is 28.8 Å². The zero-order chi connectivity index (χ0) is 28.1. The van der Waals surface area contributed by atoms with Crippen LogP contribution in [-0.4, -0.2) is 38.9 Å². The van der Waals surface area contributed by atoms with Gasteiger partial charge in [0.2, 0.25) is 5.95 Å². The highest BCUT2D eigenvalue weighted by Crippen LogP contribution is 2.27. The maximum absolute atomic E-state index is 13.8. The van der Waals surface area contributed by atoms with E-state index < -0.39 is 17.3 Å². The van der Waals surface area contributed by atoms with Crippen molar-refractivity contribution >= 4 is 23.5 Å². The molecule has 4 rings (SSSR count). The van der Waals surface area contributed by atoms with Crippen LogP contribution in [0.2, 0.25) is 5.02 Å². The fraction of sp³-hybridized carbons (Fsp3) is 0.379. The lowest BCUT2D eigenvalue weighted by atomic mass is 9.92. The molecule has 2 aromatic carbocycles. The summed E-state index contributed by atoms with van der Waals surface area (Å²) in [6, 6.07) is 13.2. The highest BCUT2D eigenvalue weighted by Gasteiger charge is 2.24. The fourth-order valence-corrected chi connectivity index (χ4v) is 4.67. The molecule has 1 heterocycles. The number of carbonyl (C=O) groups excluding carboxylic acids is 1. The average molecular weight is 553 g/mol. The van der Waals surface area contributed by atoms with Gasteiger partial charge in [0.05, 0.1) is 36.6 Å². The van der Waals surface area contributed by atoms with Crippen LogP contribution >= 0.6 is 11.6 Å². The third kappa shape index (κ3) is 6.85. The number of nitrogens with one attached hydrogen (secondary N) is 1. The van der Waals surface area contributed by atoms with Crippen LogP contribution in [0.3, 0.4) is 0 Å². The molecule has 0 aliphatic heterocycles. The van der Waals surface area contributed by atoms with Gasteiger partial charge in [0.25, 0.3) is 0 Å². The van der Waals surface area contributed by atoms with Gasteiger partial charge in [0, 0.05) is 16.6 Å². The van der Waals surface area contributed by atoms with Gasteiger partial charge in [0.15, 0.2) is 0 Å². The van der Waals surface area contributed by atoms with Gasteiger partial charge in [-0.2, -0.15) is 4.98 Å². The predicted octanol–water partition coefficient (Wildman–Crippen LogP) is 4.79. The number of allylic oxidation sites excluding steroid dienone is 1. The summed E-state index contributed by atoms with van der Waals surface area (Å²) in [4.78, 5) is 43.2. The number of ether oxygens (including phenoxy) is 2. The maximum atomic E-state index is 13.8. The van der Waals surface area contributed by atoms with E-state index in [2.05, 4.69) is 23.3 Å². The molecule has 0 bridgehead atoms. The van der Waals surface area contributed by atoms with Crippen molar-refractivity contribution in [1.29, 1.82) is 0 Å². The summed E-state index contributed by atoms with van der Waals surface area (Å²) in [5.74, 6) is -0.176. The lowest BCUT2D eigenvalue weighted by Crippen LogP contribution is -2.42. The molecule has 10 heteroatoms. The summed E-state index contributed by atoms with van der Waals surface area (Å²) in [5.41, 5.74) is 0.996. The standard InChI is InChI=1S/C29H33ClN4O5/c1-5-38-26(35)21-8-13-24(14-9-21)34-28(36)32-27(31-23-12-15-25(19(4)16-23)39-18(2)3)33(29(34)37)17-20-6-10-22(30)11-7-20/h6-11,13-14,16,18-19,25H,5,12,15,17H2,1-4H3,(H,31,32,36). The monoisotopic (exact) mass is 552 g/mol. The molecular formula is C29H33ClN4O5. The van der Waals surface area contributed by atoms with Crippen LogP contribution in [0.25, 0.3) is 5.69 Å². The predicted molar refractivity (Wildman–Crippen MR) is 151 cm³/mol. The number of hydrogen-bond acceptors (Lipinski definition) is 7. The second-order valence-electron chi connectivity index (χ2n) is 9.75. The average Bonchev–Trinajstić information content (AvgIpc) is 2.89. The highest BCUT2D eigenvalue weighted by atomic mass is 35.5. The minimum Gasteiger partial charge on any atom is -0.462 e. The Kier molecular flexibility index (Phi) is 9.04. The number of rotatable bonds is 9. The Hall–Kier alpha value is -3.69. The van der Waals surface area contributed by atoms with Crippen LogP contribution in [-0.2, 0) is 16.0 Å². The molecule has 206 valence electrons. The molecule has 39 heavy (non-hydrogen) atoms. The van der Waals surface area contributed by atoms with E-state index in [0.29, 0.717) is 22.7 Å². The first-order valence-corrected chi connectivity index (χ1v) is 13.4. The zero-order valence-corrected chi connectivity index (χ0v) is 23.3. The minimum atomic E-state index is -0.732. The van der Waals surface area contributed by atoms with Gasteiger partial charge >= 0.3 is 17.3 Å². The van der Waals surface area contributed by atoms with Gasteiger partial charge in [-0.3, -0.25) is 4.57 Å². The Bertz CT molecular complexity index is 1460. The van der Waals surface area contributed by atoms with Crippen molar-refractivity contribution in [3.8, 4) is 5.69 Å². The van der Waals surface area contributed by atoms with Gasteiger partial charge in [-0.15, -0.1) is 0 Å². The van der Waals surface area contributed by atoms with E-state index in [4.69, 9.17) is 21.1 Å². The molecule has 0 radical (unpaired) electrons. The molecule has 1 aromatic heterocycles. The van der Waals surface area contributed by atoms with Crippen molar-refractivity contribution in [3.05, 3.63) is 97.4 Å². The molecule has 2 atom stereocenters. The topological polar surface area (TPSA) is 104 Å². The van der Waals surface area contributed by atoms with E-state index in [9.17, 15) is 14.4 Å². The van der Waals surface area contributed by atoms with Gasteiger partial charge in [-0.25, -0.2) is 19.0 Å². The lowest BCUT2D eigenvalue weighted by Gasteiger charge is -2.30. The fourth-order valence-electron chi connectivity index (χ4n) is 4.54. The first-order chi connectivity index (χ1) is 18.7. The van der Waals surface area contributed by atoms with Crippen molar-refractivity contribution in [2.24, 2.45) is 5.92 Å². The number of nitrogens with zero attached hydrogens (tertiary/aromatic N) is 3. The van der Waals surface area contributed by atoms with Crippen LogP contribution in [0.15, 0.2) is 69.9 Å². The van der Waals surface area contributed by atoms with Crippen molar-refractivity contribution < 1.29 is 14.3 Å². The first-order valence-electron chi connectivity index (χ1n) is 13.0. The largest absolute Gasteiger partial charge is 0.462 e. The lowest BCUT2D eigenvalue weighted by molar-refractivity contribution is -0.0191. The SMILES string of the molecule is CCOC(=O)c1ccc(-n2c(=O)nc(NC3=CC(C)C(OC(C)C)CC3)n(Cc3ccc(Cl)cc3)c2=O)cc1. The van der Waals surface area contributed by atoms with Gasteiger partial charge < -0.3 is 14.8 Å². The maximum Gasteiger partial charge on any atom is 0.359 e. The molecule has 1 aliphatic carbocycles. The Balaban J connectivity index is 1.73. The molecule has 0 spiro atoms. The van der Waals surface area contributed by atoms with E-state index in [0.717, 1.165) is 22.2 Å². The molecule has 3 aromatic rings. The third-order valence-electron chi connectivity index (χ3n) is 6.43. The van der Waals surface area contributed by atoms with E-state index >= 15 is 0 Å². The third-order valence-corrected chi connectivity index (χ3v) is 6.68. The molecule has 2 unspecified atom stereocenters. The molecular weight excluding hydrogens is 520 g/mol. The molecule has 0 saturated carbocycles. The van der Waals surface area contributed by atoms with Gasteiger partial charge in [0.1, 0.15) is 0 Å². The quantitative estimate of drug-likeness (QED) is 0.380. The van der Waals surface area contributed by atoms with E-state index in [1.807, 2.05) is 26.0 Å². The van der Waals surface area contributed by atoms with E-state index in [-0.39, 0.29) is 37.2 Å². The van der Waals surface area contributed by atoms with Crippen molar-refractivity contribution in [2.75, 3.05) is 11.9 Å². The number of halogens is 1. The van der Waals surface area contributed by atoms with Crippen molar-refractivity contribution in [1.82, 2.24) is 14.1 Å². The van der Waals surface area contributed by atoms with Gasteiger partial charge in [-0.05, 0) is 75.6 Å². The smallest absolute Gasteiger partial charge is 0.359 e. The van der Waals surface area contributed by atoms with Crippen LogP contribution in [0, 0.1) is 5.92 Å². The zero-order valence-electron chi connectivity index (χ0n) is 22.5. The Labute approximate surface area is 232 Å². The number of hydrogen-bond donors (Lipinski definition) is 1. The van der Waals surface area contributed by atoms with E-state index in [1.54, 1.807) is 19.1 Å². The second-order valence-corrected chi connectivity index (χ2v) is 10.2. The minimum absolute atomic E-state index is 0.102. The van der Waals surface area contributed by atoms with Crippen LogP contribution in [0.5, 0.6) is 0 Å². The van der Waals surface area contributed by atoms with Crippen LogP contribution < -0.4 is 16.7 Å². The number of benzene rings is 2. The summed E-state index contributed by atoms with van der Waals surface area (Å²) in [6.45, 7) is 8.24. The van der Waals surface area contributed by atoms with Crippen molar-refractivity contribution in [2.45, 2.75) is 59.3 Å². The molecule has 0 amide bonds. The summed E-state index contributed by atoms with van der Waals surface area (Å²) < 4.78 is 13.4. The first kappa shape index (κ1) is 28.3. The highest BCUT2D eigenvalue weighted by molar-refractivity contribution is 6.30. The van der Waals surface area contributed by atoms with Crippen molar-refractivity contribution in [3.63, 3.8) is 0 Å². The Morgan fingerprint density at radius 2 is 1.82 bits per heavy atom. The van der Waals surface area contributed by atoms with Gasteiger partial charge in [-0.1, -0.05) is 36.7 Å². The molecule has 0 fully saturated rings. The Morgan fingerprint density at radius 1 is 1.13 bits per heavy atom. The molecule has 1 N–H and O–H groups in total. The van der Waals surface area contributed by atoms with Crippen LogP contribution in [0.1, 0.15) is 56.5 Å². The summed E-state index contributed by atoms with van der Waals surface area (Å²) in [7, 11) is 0. The number of anilines is 1. The molecule has 0 saturated heterocycles. The number of aromatic nitrogens is 3. The number of carbonyl (C=O) groups is 1.